The van der Waals surface area contributed by atoms with Crippen molar-refractivity contribution in [1.29, 1.82) is 0 Å². The van der Waals surface area contributed by atoms with Gasteiger partial charge in [0.1, 0.15) is 0 Å². The topological polar surface area (TPSA) is 21.3 Å². The number of nitrogens with one attached hydrogen (secondary N) is 1. The highest BCUT2D eigenvalue weighted by Gasteiger charge is 2.12. The van der Waals surface area contributed by atoms with E-state index in [0.29, 0.717) is 6.10 Å². The van der Waals surface area contributed by atoms with Crippen molar-refractivity contribution in [2.24, 2.45) is 0 Å². The molecule has 2 aromatic rings. The summed E-state index contributed by atoms with van der Waals surface area (Å²) in [6, 6.07) is 15.0. The minimum absolute atomic E-state index is 0. The summed E-state index contributed by atoms with van der Waals surface area (Å²) >= 11 is 0. The number of halogens is 1. The molecule has 1 unspecified atom stereocenters. The monoisotopic (exact) mass is 277 g/mol. The van der Waals surface area contributed by atoms with Crippen LogP contribution in [0.4, 0.5) is 0 Å². The van der Waals surface area contributed by atoms with E-state index in [-0.39, 0.29) is 12.4 Å². The second kappa shape index (κ2) is 6.90. The highest BCUT2D eigenvalue weighted by Crippen LogP contribution is 2.17. The first-order valence-corrected chi connectivity index (χ1v) is 6.72. The van der Waals surface area contributed by atoms with Crippen LogP contribution in [0.3, 0.4) is 0 Å². The number of fused-ring (bicyclic) bond motifs is 1. The summed E-state index contributed by atoms with van der Waals surface area (Å²) in [4.78, 5) is 0. The maximum Gasteiger partial charge on any atom is 0.0721 e. The number of piperidine rings is 1. The van der Waals surface area contributed by atoms with Crippen LogP contribution in [0.15, 0.2) is 42.5 Å². The Labute approximate surface area is 120 Å². The van der Waals surface area contributed by atoms with Gasteiger partial charge >= 0.3 is 0 Å². The molecule has 0 aliphatic carbocycles. The molecular weight excluding hydrogens is 258 g/mol. The van der Waals surface area contributed by atoms with Crippen LogP contribution in [0.2, 0.25) is 0 Å². The van der Waals surface area contributed by atoms with E-state index in [9.17, 15) is 0 Å². The van der Waals surface area contributed by atoms with Gasteiger partial charge in [0.05, 0.1) is 12.7 Å². The van der Waals surface area contributed by atoms with Crippen LogP contribution in [-0.4, -0.2) is 19.2 Å². The number of benzene rings is 2. The molecule has 0 spiro atoms. The first-order valence-electron chi connectivity index (χ1n) is 6.72. The van der Waals surface area contributed by atoms with Crippen LogP contribution < -0.4 is 5.32 Å². The Morgan fingerprint density at radius 3 is 2.74 bits per heavy atom. The van der Waals surface area contributed by atoms with Crippen LogP contribution >= 0.6 is 12.4 Å². The fraction of sp³-hybridized carbons (Fsp3) is 0.375. The van der Waals surface area contributed by atoms with E-state index in [1.54, 1.807) is 0 Å². The van der Waals surface area contributed by atoms with Crippen LogP contribution in [0.1, 0.15) is 18.4 Å². The molecule has 1 atom stereocenters. The third kappa shape index (κ3) is 3.69. The molecule has 1 aliphatic rings. The zero-order chi connectivity index (χ0) is 12.2. The lowest BCUT2D eigenvalue weighted by Crippen LogP contribution is -2.35. The molecule has 0 amide bonds. The fourth-order valence-corrected chi connectivity index (χ4v) is 2.50. The molecule has 19 heavy (non-hydrogen) atoms. The van der Waals surface area contributed by atoms with Crippen molar-refractivity contribution in [3.63, 3.8) is 0 Å². The lowest BCUT2D eigenvalue weighted by Gasteiger charge is -2.23. The van der Waals surface area contributed by atoms with Gasteiger partial charge in [-0.3, -0.25) is 0 Å². The second-order valence-electron chi connectivity index (χ2n) is 4.96. The van der Waals surface area contributed by atoms with E-state index in [1.165, 1.54) is 29.2 Å². The predicted octanol–water partition coefficient (Wildman–Crippen LogP) is 3.53. The molecular formula is C16H20ClNO. The Morgan fingerprint density at radius 1 is 1.11 bits per heavy atom. The second-order valence-corrected chi connectivity index (χ2v) is 4.96. The summed E-state index contributed by atoms with van der Waals surface area (Å²) in [5.74, 6) is 0. The zero-order valence-electron chi connectivity index (χ0n) is 11.0. The molecule has 102 valence electrons. The Hall–Kier alpha value is -1.09. The van der Waals surface area contributed by atoms with Crippen LogP contribution in [0, 0.1) is 0 Å². The first-order chi connectivity index (χ1) is 8.92. The van der Waals surface area contributed by atoms with Gasteiger partial charge < -0.3 is 10.1 Å². The predicted molar refractivity (Wildman–Crippen MR) is 81.9 cm³/mol. The van der Waals surface area contributed by atoms with Crippen molar-refractivity contribution in [2.45, 2.75) is 25.6 Å². The molecule has 1 saturated heterocycles. The van der Waals surface area contributed by atoms with E-state index in [0.717, 1.165) is 19.7 Å². The molecule has 1 fully saturated rings. The van der Waals surface area contributed by atoms with Crippen molar-refractivity contribution in [1.82, 2.24) is 5.32 Å². The van der Waals surface area contributed by atoms with Crippen LogP contribution in [0.5, 0.6) is 0 Å². The average molecular weight is 278 g/mol. The molecule has 2 nitrogen and oxygen atoms in total. The van der Waals surface area contributed by atoms with Crippen LogP contribution in [-0.2, 0) is 11.3 Å². The standard InChI is InChI=1S/C16H19NO.ClH/c1-2-5-15-10-13(7-8-14(15)4-1)12-18-16-6-3-9-17-11-16;/h1-2,4-5,7-8,10,16-17H,3,6,9,11-12H2;1H. The maximum absolute atomic E-state index is 5.96. The van der Waals surface area contributed by atoms with Crippen molar-refractivity contribution in [3.8, 4) is 0 Å². The Balaban J connectivity index is 0.00000133. The van der Waals surface area contributed by atoms with Crippen LogP contribution in [0.25, 0.3) is 10.8 Å². The highest BCUT2D eigenvalue weighted by atomic mass is 35.5. The van der Waals surface area contributed by atoms with E-state index in [2.05, 4.69) is 47.8 Å². The number of ether oxygens (including phenoxy) is 1. The van der Waals surface area contributed by atoms with Crippen molar-refractivity contribution < 1.29 is 4.74 Å². The molecule has 0 radical (unpaired) electrons. The highest BCUT2D eigenvalue weighted by molar-refractivity contribution is 5.85. The zero-order valence-corrected chi connectivity index (χ0v) is 11.8. The van der Waals surface area contributed by atoms with Gasteiger partial charge in [-0.15, -0.1) is 12.4 Å². The molecule has 0 bridgehead atoms. The SMILES string of the molecule is Cl.c1ccc2cc(COC3CCCNC3)ccc2c1. The number of hydrogen-bond acceptors (Lipinski definition) is 2. The molecule has 2 aromatic carbocycles. The van der Waals surface area contributed by atoms with Gasteiger partial charge in [-0.25, -0.2) is 0 Å². The molecule has 3 rings (SSSR count). The first kappa shape index (κ1) is 14.3. The summed E-state index contributed by atoms with van der Waals surface area (Å²) in [6.07, 6.45) is 2.79. The van der Waals surface area contributed by atoms with Gasteiger partial charge in [-0.05, 0) is 41.8 Å². The third-order valence-corrected chi connectivity index (χ3v) is 3.55. The van der Waals surface area contributed by atoms with Crippen molar-refractivity contribution in [3.05, 3.63) is 48.0 Å². The fourth-order valence-electron chi connectivity index (χ4n) is 2.50. The minimum Gasteiger partial charge on any atom is -0.372 e. The Kier molecular flexibility index (Phi) is 5.20. The minimum atomic E-state index is 0. The summed E-state index contributed by atoms with van der Waals surface area (Å²) in [5.41, 5.74) is 1.26. The van der Waals surface area contributed by atoms with Gasteiger partial charge in [0.15, 0.2) is 0 Å². The molecule has 3 heteroatoms. The van der Waals surface area contributed by atoms with E-state index < -0.39 is 0 Å². The molecule has 0 saturated carbocycles. The number of rotatable bonds is 3. The lowest BCUT2D eigenvalue weighted by atomic mass is 10.1. The normalized spacial score (nSPS) is 19.1. The summed E-state index contributed by atoms with van der Waals surface area (Å²) in [7, 11) is 0. The van der Waals surface area contributed by atoms with Gasteiger partial charge in [0.2, 0.25) is 0 Å². The summed E-state index contributed by atoms with van der Waals surface area (Å²) in [5, 5.41) is 5.96. The molecule has 1 heterocycles. The maximum atomic E-state index is 5.96. The average Bonchev–Trinajstić information content (AvgIpc) is 2.46. The third-order valence-electron chi connectivity index (χ3n) is 3.55. The van der Waals surface area contributed by atoms with Gasteiger partial charge in [-0.1, -0.05) is 36.4 Å². The van der Waals surface area contributed by atoms with Gasteiger partial charge in [-0.2, -0.15) is 0 Å². The van der Waals surface area contributed by atoms with Crippen molar-refractivity contribution in [2.75, 3.05) is 13.1 Å². The number of hydrogen-bond donors (Lipinski definition) is 1. The summed E-state index contributed by atoms with van der Waals surface area (Å²) in [6.45, 7) is 2.85. The Bertz CT molecular complexity index is 523. The summed E-state index contributed by atoms with van der Waals surface area (Å²) < 4.78 is 5.96. The van der Waals surface area contributed by atoms with E-state index >= 15 is 0 Å². The van der Waals surface area contributed by atoms with E-state index in [4.69, 9.17) is 4.74 Å². The Morgan fingerprint density at radius 2 is 1.95 bits per heavy atom. The largest absolute Gasteiger partial charge is 0.372 e. The molecule has 1 aliphatic heterocycles. The lowest BCUT2D eigenvalue weighted by molar-refractivity contribution is 0.0253. The molecule has 0 aromatic heterocycles. The van der Waals surface area contributed by atoms with Gasteiger partial charge in [0, 0.05) is 6.54 Å². The smallest absolute Gasteiger partial charge is 0.0721 e. The quantitative estimate of drug-likeness (QED) is 0.927. The van der Waals surface area contributed by atoms with Crippen molar-refractivity contribution >= 4 is 23.2 Å². The van der Waals surface area contributed by atoms with Gasteiger partial charge in [0.25, 0.3) is 0 Å². The molecule has 1 N–H and O–H groups in total. The van der Waals surface area contributed by atoms with E-state index in [1.807, 2.05) is 0 Å².